The quantitative estimate of drug-likeness (QED) is 0.485. The van der Waals surface area contributed by atoms with Crippen molar-refractivity contribution in [3.05, 3.63) is 89.5 Å². The number of nitrogens with one attached hydrogen (secondary N) is 1. The normalized spacial score (nSPS) is 11.5. The van der Waals surface area contributed by atoms with Crippen LogP contribution in [0.15, 0.2) is 77.7 Å². The van der Waals surface area contributed by atoms with E-state index in [0.717, 1.165) is 11.1 Å². The molecule has 0 aliphatic carbocycles. The van der Waals surface area contributed by atoms with E-state index in [9.17, 15) is 13.8 Å². The molecule has 1 N–H and O–H groups in total. The second-order valence-electron chi connectivity index (χ2n) is 7.10. The van der Waals surface area contributed by atoms with Crippen LogP contribution >= 0.6 is 0 Å². The molecule has 172 valence electrons. The standard InChI is InChI=1S/C25H25NO6S/c1-30-20-10-4-17(5-11-20)24(18-6-12-21(31-2)13-7-18)26-23(27)16-32-25(28)19-8-14-22(15-9-19)33(3)29/h4-15,24H,16H2,1-3H3,(H,26,27). The van der Waals surface area contributed by atoms with Gasteiger partial charge in [-0.15, -0.1) is 0 Å². The van der Waals surface area contributed by atoms with E-state index in [1.165, 1.54) is 12.1 Å². The van der Waals surface area contributed by atoms with Crippen LogP contribution in [0.2, 0.25) is 0 Å². The predicted octanol–water partition coefficient (Wildman–Crippen LogP) is 3.50. The smallest absolute Gasteiger partial charge is 0.338 e. The number of rotatable bonds is 9. The summed E-state index contributed by atoms with van der Waals surface area (Å²) in [5.41, 5.74) is 1.95. The molecule has 0 aliphatic heterocycles. The van der Waals surface area contributed by atoms with Gasteiger partial charge in [0.2, 0.25) is 0 Å². The van der Waals surface area contributed by atoms with Gasteiger partial charge in [-0.2, -0.15) is 0 Å². The van der Waals surface area contributed by atoms with E-state index < -0.39 is 35.3 Å². The lowest BCUT2D eigenvalue weighted by molar-refractivity contribution is -0.124. The van der Waals surface area contributed by atoms with E-state index >= 15 is 0 Å². The number of carbonyl (C=O) groups excluding carboxylic acids is 2. The average molecular weight is 468 g/mol. The van der Waals surface area contributed by atoms with Crippen molar-refractivity contribution >= 4 is 22.7 Å². The second kappa shape index (κ2) is 11.3. The van der Waals surface area contributed by atoms with Gasteiger partial charge in [-0.3, -0.25) is 9.00 Å². The monoisotopic (exact) mass is 467 g/mol. The molecule has 0 aromatic heterocycles. The van der Waals surface area contributed by atoms with Gasteiger partial charge < -0.3 is 19.5 Å². The van der Waals surface area contributed by atoms with Gasteiger partial charge in [0.25, 0.3) is 5.91 Å². The number of esters is 1. The Bertz CT molecular complexity index is 1060. The van der Waals surface area contributed by atoms with E-state index in [1.807, 2.05) is 48.5 Å². The third kappa shape index (κ3) is 6.43. The molecule has 7 nitrogen and oxygen atoms in total. The minimum absolute atomic E-state index is 0.277. The number of ether oxygens (including phenoxy) is 3. The Morgan fingerprint density at radius 2 is 1.30 bits per heavy atom. The van der Waals surface area contributed by atoms with E-state index in [2.05, 4.69) is 5.32 Å². The van der Waals surface area contributed by atoms with E-state index in [4.69, 9.17) is 14.2 Å². The van der Waals surface area contributed by atoms with Crippen LogP contribution in [-0.4, -0.2) is 43.2 Å². The van der Waals surface area contributed by atoms with Crippen molar-refractivity contribution in [3.63, 3.8) is 0 Å². The summed E-state index contributed by atoms with van der Waals surface area (Å²) in [5.74, 6) is 0.311. The summed E-state index contributed by atoms with van der Waals surface area (Å²) in [6, 6.07) is 20.4. The highest BCUT2D eigenvalue weighted by atomic mass is 32.2. The first-order valence-electron chi connectivity index (χ1n) is 10.1. The number of benzene rings is 3. The van der Waals surface area contributed by atoms with Gasteiger partial charge in [-0.25, -0.2) is 4.79 Å². The van der Waals surface area contributed by atoms with Gasteiger partial charge >= 0.3 is 5.97 Å². The lowest BCUT2D eigenvalue weighted by Crippen LogP contribution is -2.33. The van der Waals surface area contributed by atoms with Crippen molar-refractivity contribution in [2.45, 2.75) is 10.9 Å². The molecule has 0 heterocycles. The first-order chi connectivity index (χ1) is 15.9. The van der Waals surface area contributed by atoms with Crippen LogP contribution in [-0.2, 0) is 20.3 Å². The van der Waals surface area contributed by atoms with Crippen molar-refractivity contribution in [2.24, 2.45) is 0 Å². The highest BCUT2D eigenvalue weighted by Gasteiger charge is 2.19. The fourth-order valence-corrected chi connectivity index (χ4v) is 3.67. The average Bonchev–Trinajstić information content (AvgIpc) is 2.86. The van der Waals surface area contributed by atoms with E-state index in [-0.39, 0.29) is 5.56 Å². The van der Waals surface area contributed by atoms with Gasteiger partial charge in [0.1, 0.15) is 11.5 Å². The van der Waals surface area contributed by atoms with Crippen molar-refractivity contribution in [1.82, 2.24) is 5.32 Å². The number of methoxy groups -OCH3 is 2. The van der Waals surface area contributed by atoms with Gasteiger partial charge in [0, 0.05) is 22.0 Å². The van der Waals surface area contributed by atoms with Crippen molar-refractivity contribution < 1.29 is 28.0 Å². The molecule has 8 heteroatoms. The molecular formula is C25H25NO6S. The molecule has 0 radical (unpaired) electrons. The second-order valence-corrected chi connectivity index (χ2v) is 8.48. The van der Waals surface area contributed by atoms with Crippen LogP contribution in [0, 0.1) is 0 Å². The summed E-state index contributed by atoms with van der Waals surface area (Å²) in [6.45, 7) is -0.441. The maximum Gasteiger partial charge on any atom is 0.338 e. The van der Waals surface area contributed by atoms with Crippen molar-refractivity contribution in [3.8, 4) is 11.5 Å². The third-order valence-electron chi connectivity index (χ3n) is 4.96. The molecule has 0 saturated heterocycles. The number of hydrogen-bond acceptors (Lipinski definition) is 6. The molecule has 1 atom stereocenters. The molecule has 0 spiro atoms. The lowest BCUT2D eigenvalue weighted by atomic mass is 9.98. The maximum absolute atomic E-state index is 12.6. The van der Waals surface area contributed by atoms with Crippen molar-refractivity contribution in [2.75, 3.05) is 27.1 Å². The molecule has 0 aliphatic rings. The number of hydrogen-bond donors (Lipinski definition) is 1. The first kappa shape index (κ1) is 24.0. The summed E-state index contributed by atoms with van der Waals surface area (Å²) in [7, 11) is 2.03. The summed E-state index contributed by atoms with van der Waals surface area (Å²) in [4.78, 5) is 25.5. The van der Waals surface area contributed by atoms with Crippen LogP contribution in [0.4, 0.5) is 0 Å². The predicted molar refractivity (Wildman–Crippen MR) is 125 cm³/mol. The van der Waals surface area contributed by atoms with Crippen molar-refractivity contribution in [1.29, 1.82) is 0 Å². The van der Waals surface area contributed by atoms with Crippen LogP contribution in [0.1, 0.15) is 27.5 Å². The number of carbonyl (C=O) groups is 2. The molecule has 1 unspecified atom stereocenters. The maximum atomic E-state index is 12.6. The van der Waals surface area contributed by atoms with Crippen LogP contribution in [0.5, 0.6) is 11.5 Å². The first-order valence-corrected chi connectivity index (χ1v) is 11.6. The molecule has 0 saturated carbocycles. The van der Waals surface area contributed by atoms with E-state index in [0.29, 0.717) is 16.4 Å². The Hall–Kier alpha value is -3.65. The highest BCUT2D eigenvalue weighted by Crippen LogP contribution is 2.26. The highest BCUT2D eigenvalue weighted by molar-refractivity contribution is 7.84. The Morgan fingerprint density at radius 1 is 0.818 bits per heavy atom. The Morgan fingerprint density at radius 3 is 1.73 bits per heavy atom. The molecule has 0 fully saturated rings. The van der Waals surface area contributed by atoms with Crippen LogP contribution in [0.25, 0.3) is 0 Å². The fourth-order valence-electron chi connectivity index (χ4n) is 3.15. The summed E-state index contributed by atoms with van der Waals surface area (Å²) >= 11 is 0. The lowest BCUT2D eigenvalue weighted by Gasteiger charge is -2.20. The molecule has 1 amide bonds. The molecule has 33 heavy (non-hydrogen) atoms. The molecule has 3 aromatic rings. The van der Waals surface area contributed by atoms with Gasteiger partial charge in [-0.05, 0) is 59.7 Å². The minimum atomic E-state index is -1.14. The van der Waals surface area contributed by atoms with Gasteiger partial charge in [-0.1, -0.05) is 24.3 Å². The molecular weight excluding hydrogens is 442 g/mol. The Kier molecular flexibility index (Phi) is 8.21. The zero-order chi connectivity index (χ0) is 23.8. The van der Waals surface area contributed by atoms with Crippen LogP contribution < -0.4 is 14.8 Å². The fraction of sp³-hybridized carbons (Fsp3) is 0.200. The van der Waals surface area contributed by atoms with E-state index in [1.54, 1.807) is 32.6 Å². The van der Waals surface area contributed by atoms with Gasteiger partial charge in [0.05, 0.1) is 25.8 Å². The Balaban J connectivity index is 1.70. The SMILES string of the molecule is COc1ccc(C(NC(=O)COC(=O)c2ccc(S(C)=O)cc2)c2ccc(OC)cc2)cc1. The summed E-state index contributed by atoms with van der Waals surface area (Å²) in [5, 5.41) is 2.92. The zero-order valence-corrected chi connectivity index (χ0v) is 19.4. The largest absolute Gasteiger partial charge is 0.497 e. The molecule has 0 bridgehead atoms. The molecule has 3 rings (SSSR count). The third-order valence-corrected chi connectivity index (χ3v) is 5.90. The molecule has 3 aromatic carbocycles. The summed E-state index contributed by atoms with van der Waals surface area (Å²) < 4.78 is 27.1. The number of amides is 1. The van der Waals surface area contributed by atoms with Crippen LogP contribution in [0.3, 0.4) is 0 Å². The zero-order valence-electron chi connectivity index (χ0n) is 18.6. The topological polar surface area (TPSA) is 90.9 Å². The van der Waals surface area contributed by atoms with Gasteiger partial charge in [0.15, 0.2) is 6.61 Å². The minimum Gasteiger partial charge on any atom is -0.497 e. The Labute approximate surface area is 195 Å². The summed E-state index contributed by atoms with van der Waals surface area (Å²) in [6.07, 6.45) is 1.56.